The summed E-state index contributed by atoms with van der Waals surface area (Å²) in [5.74, 6) is -0.255. The number of hydrogen-bond acceptors (Lipinski definition) is 3. The quantitative estimate of drug-likeness (QED) is 0.891. The largest absolute Gasteiger partial charge is 0.364 e. The smallest absolute Gasteiger partial charge is 0.254 e. The van der Waals surface area contributed by atoms with Gasteiger partial charge < -0.3 is 10.1 Å². The molecular formula is C13H15F2NO2. The van der Waals surface area contributed by atoms with Gasteiger partial charge in [0, 0.05) is 13.0 Å². The van der Waals surface area contributed by atoms with E-state index in [1.165, 1.54) is 0 Å². The van der Waals surface area contributed by atoms with Crippen molar-refractivity contribution >= 4 is 5.78 Å². The van der Waals surface area contributed by atoms with Crippen molar-refractivity contribution in [2.24, 2.45) is 0 Å². The van der Waals surface area contributed by atoms with Crippen LogP contribution >= 0.6 is 0 Å². The minimum absolute atomic E-state index is 0.153. The highest BCUT2D eigenvalue weighted by molar-refractivity contribution is 5.84. The van der Waals surface area contributed by atoms with Crippen LogP contribution in [-0.4, -0.2) is 30.9 Å². The van der Waals surface area contributed by atoms with Gasteiger partial charge in [0.1, 0.15) is 6.10 Å². The molecule has 2 unspecified atom stereocenters. The molecule has 0 aliphatic carbocycles. The maximum atomic E-state index is 12.4. The Bertz CT molecular complexity index is 397. The number of alkyl halides is 2. The lowest BCUT2D eigenvalue weighted by atomic mass is 10.0. The summed E-state index contributed by atoms with van der Waals surface area (Å²) in [5, 5.41) is 2.64. The number of nitrogens with one attached hydrogen (secondary N) is 1. The molecule has 0 saturated carbocycles. The van der Waals surface area contributed by atoms with Crippen molar-refractivity contribution in [3.63, 3.8) is 0 Å². The first kappa shape index (κ1) is 13.1. The predicted octanol–water partition coefficient (Wildman–Crippen LogP) is 1.77. The zero-order valence-corrected chi connectivity index (χ0v) is 9.81. The van der Waals surface area contributed by atoms with Crippen LogP contribution in [0.3, 0.4) is 0 Å². The van der Waals surface area contributed by atoms with Crippen molar-refractivity contribution < 1.29 is 18.3 Å². The van der Waals surface area contributed by atoms with E-state index >= 15 is 0 Å². The van der Waals surface area contributed by atoms with Crippen LogP contribution in [0.1, 0.15) is 12.0 Å². The second kappa shape index (κ2) is 6.02. The molecule has 1 N–H and O–H groups in total. The summed E-state index contributed by atoms with van der Waals surface area (Å²) in [6, 6.07) is 8.41. The molecular weight excluding hydrogens is 240 g/mol. The van der Waals surface area contributed by atoms with Crippen LogP contribution in [0.4, 0.5) is 8.78 Å². The van der Waals surface area contributed by atoms with Gasteiger partial charge >= 0.3 is 0 Å². The van der Waals surface area contributed by atoms with E-state index in [4.69, 9.17) is 4.74 Å². The van der Waals surface area contributed by atoms with Crippen molar-refractivity contribution in [1.29, 1.82) is 0 Å². The minimum Gasteiger partial charge on any atom is -0.364 e. The van der Waals surface area contributed by atoms with E-state index in [2.05, 4.69) is 5.32 Å². The lowest BCUT2D eigenvalue weighted by molar-refractivity contribution is -0.136. The Balaban J connectivity index is 1.83. The van der Waals surface area contributed by atoms with E-state index in [0.29, 0.717) is 6.61 Å². The zero-order valence-electron chi connectivity index (χ0n) is 9.81. The summed E-state index contributed by atoms with van der Waals surface area (Å²) in [6.45, 7) is 0.471. The molecule has 1 aromatic carbocycles. The maximum absolute atomic E-state index is 12.4. The first-order valence-electron chi connectivity index (χ1n) is 5.86. The van der Waals surface area contributed by atoms with Gasteiger partial charge in [-0.3, -0.25) is 4.79 Å². The standard InChI is InChI=1S/C13H15F2NO2/c14-13(15)10-6-11(17)12(7-16-10)18-8-9-4-2-1-3-5-9/h1-5,10,12-13,16H,6-8H2. The summed E-state index contributed by atoms with van der Waals surface area (Å²) in [7, 11) is 0. The minimum atomic E-state index is -2.51. The van der Waals surface area contributed by atoms with E-state index in [1.807, 2.05) is 30.3 Å². The molecule has 0 bridgehead atoms. The lowest BCUT2D eigenvalue weighted by Crippen LogP contribution is -2.51. The van der Waals surface area contributed by atoms with Crippen molar-refractivity contribution in [3.8, 4) is 0 Å². The Hall–Kier alpha value is -1.33. The van der Waals surface area contributed by atoms with E-state index in [1.54, 1.807) is 0 Å². The highest BCUT2D eigenvalue weighted by atomic mass is 19.3. The number of piperidine rings is 1. The Morgan fingerprint density at radius 3 is 2.67 bits per heavy atom. The van der Waals surface area contributed by atoms with Gasteiger partial charge in [0.2, 0.25) is 0 Å². The van der Waals surface area contributed by atoms with Crippen molar-refractivity contribution in [2.45, 2.75) is 31.6 Å². The van der Waals surface area contributed by atoms with Gasteiger partial charge in [-0.2, -0.15) is 0 Å². The number of carbonyl (C=O) groups is 1. The van der Waals surface area contributed by atoms with Crippen molar-refractivity contribution in [3.05, 3.63) is 35.9 Å². The highest BCUT2D eigenvalue weighted by Gasteiger charge is 2.33. The monoisotopic (exact) mass is 255 g/mol. The Kier molecular flexibility index (Phi) is 4.38. The fourth-order valence-electron chi connectivity index (χ4n) is 1.89. The lowest BCUT2D eigenvalue weighted by Gasteiger charge is -2.28. The van der Waals surface area contributed by atoms with Gasteiger partial charge in [-0.05, 0) is 5.56 Å². The second-order valence-electron chi connectivity index (χ2n) is 4.30. The second-order valence-corrected chi connectivity index (χ2v) is 4.30. The van der Waals surface area contributed by atoms with E-state index in [9.17, 15) is 13.6 Å². The molecule has 2 atom stereocenters. The number of ether oxygens (including phenoxy) is 1. The molecule has 1 aromatic rings. The number of hydrogen-bond donors (Lipinski definition) is 1. The third-order valence-corrected chi connectivity index (χ3v) is 2.94. The first-order chi connectivity index (χ1) is 8.66. The molecule has 1 saturated heterocycles. The molecule has 0 spiro atoms. The fourth-order valence-corrected chi connectivity index (χ4v) is 1.89. The molecule has 3 nitrogen and oxygen atoms in total. The Morgan fingerprint density at radius 2 is 2.06 bits per heavy atom. The summed E-state index contributed by atoms with van der Waals surface area (Å²) < 4.78 is 30.3. The third-order valence-electron chi connectivity index (χ3n) is 2.94. The number of carbonyl (C=O) groups excluding carboxylic acids is 1. The predicted molar refractivity (Wildman–Crippen MR) is 62.4 cm³/mol. The number of halogens is 2. The van der Waals surface area contributed by atoms with Gasteiger partial charge in [0.05, 0.1) is 12.6 Å². The molecule has 1 aliphatic heterocycles. The zero-order chi connectivity index (χ0) is 13.0. The molecule has 98 valence electrons. The summed E-state index contributed by atoms with van der Waals surface area (Å²) in [5.41, 5.74) is 0.960. The van der Waals surface area contributed by atoms with Crippen LogP contribution < -0.4 is 5.32 Å². The Morgan fingerprint density at radius 1 is 1.33 bits per heavy atom. The summed E-state index contributed by atoms with van der Waals surface area (Å²) in [4.78, 5) is 11.6. The topological polar surface area (TPSA) is 38.3 Å². The average Bonchev–Trinajstić information content (AvgIpc) is 2.38. The van der Waals surface area contributed by atoms with Gasteiger partial charge in [-0.25, -0.2) is 8.78 Å². The number of rotatable bonds is 4. The average molecular weight is 255 g/mol. The van der Waals surface area contributed by atoms with Crippen LogP contribution in [0.25, 0.3) is 0 Å². The SMILES string of the molecule is O=C1CC(C(F)F)NCC1OCc1ccccc1. The van der Waals surface area contributed by atoms with Crippen LogP contribution in [0.5, 0.6) is 0 Å². The molecule has 0 amide bonds. The summed E-state index contributed by atoms with van der Waals surface area (Å²) in [6.07, 6.45) is -3.30. The number of ketones is 1. The van der Waals surface area contributed by atoms with Crippen LogP contribution in [0.15, 0.2) is 30.3 Å². The van der Waals surface area contributed by atoms with E-state index < -0.39 is 18.6 Å². The highest BCUT2D eigenvalue weighted by Crippen LogP contribution is 2.14. The number of Topliss-reactive ketones (excluding diaryl/α,β-unsaturated/α-hetero) is 1. The molecule has 18 heavy (non-hydrogen) atoms. The normalized spacial score (nSPS) is 24.5. The Labute approximate surface area is 104 Å². The van der Waals surface area contributed by atoms with Crippen molar-refractivity contribution in [1.82, 2.24) is 5.32 Å². The van der Waals surface area contributed by atoms with Crippen LogP contribution in [-0.2, 0) is 16.1 Å². The molecule has 0 radical (unpaired) electrons. The van der Waals surface area contributed by atoms with E-state index in [-0.39, 0.29) is 18.7 Å². The van der Waals surface area contributed by atoms with Gasteiger partial charge in [0.15, 0.2) is 5.78 Å². The van der Waals surface area contributed by atoms with Gasteiger partial charge in [0.25, 0.3) is 6.43 Å². The van der Waals surface area contributed by atoms with Gasteiger partial charge in [-0.1, -0.05) is 30.3 Å². The molecule has 1 heterocycles. The summed E-state index contributed by atoms with van der Waals surface area (Å²) >= 11 is 0. The van der Waals surface area contributed by atoms with Gasteiger partial charge in [-0.15, -0.1) is 0 Å². The molecule has 2 rings (SSSR count). The molecule has 1 aliphatic rings. The fraction of sp³-hybridized carbons (Fsp3) is 0.462. The molecule has 0 aromatic heterocycles. The first-order valence-corrected chi connectivity index (χ1v) is 5.86. The van der Waals surface area contributed by atoms with E-state index in [0.717, 1.165) is 5.56 Å². The molecule has 1 fully saturated rings. The van der Waals surface area contributed by atoms with Crippen molar-refractivity contribution in [2.75, 3.05) is 6.54 Å². The van der Waals surface area contributed by atoms with Crippen LogP contribution in [0, 0.1) is 0 Å². The maximum Gasteiger partial charge on any atom is 0.254 e. The molecule has 5 heteroatoms. The van der Waals surface area contributed by atoms with Crippen LogP contribution in [0.2, 0.25) is 0 Å². The number of benzene rings is 1. The third kappa shape index (κ3) is 3.34.